The largest absolute Gasteiger partial charge is 0.336 e. The lowest BCUT2D eigenvalue weighted by molar-refractivity contribution is 0.0640. The molecule has 0 aliphatic carbocycles. The molecule has 3 nitrogen and oxygen atoms in total. The molecule has 2 rings (SSSR count). The molecule has 0 aromatic carbocycles. The minimum Gasteiger partial charge on any atom is -0.336 e. The third kappa shape index (κ3) is 3.03. The Morgan fingerprint density at radius 2 is 2.35 bits per heavy atom. The van der Waals surface area contributed by atoms with Gasteiger partial charge in [-0.1, -0.05) is 0 Å². The van der Waals surface area contributed by atoms with E-state index in [-0.39, 0.29) is 5.91 Å². The molecule has 1 atom stereocenters. The van der Waals surface area contributed by atoms with E-state index >= 15 is 0 Å². The summed E-state index contributed by atoms with van der Waals surface area (Å²) >= 11 is 5.73. The fourth-order valence-corrected chi connectivity index (χ4v) is 3.27. The first kappa shape index (κ1) is 12.9. The van der Waals surface area contributed by atoms with Crippen LogP contribution in [0.1, 0.15) is 22.5 Å². The minimum atomic E-state index is 0.154. The molecule has 1 aliphatic rings. The van der Waals surface area contributed by atoms with Crippen LogP contribution in [0.15, 0.2) is 16.3 Å². The quantitative estimate of drug-likeness (QED) is 0.833. The lowest BCUT2D eigenvalue weighted by Gasteiger charge is -2.35. The van der Waals surface area contributed by atoms with Crippen LogP contribution in [0.4, 0.5) is 0 Å². The van der Waals surface area contributed by atoms with Gasteiger partial charge in [-0.2, -0.15) is 0 Å². The highest BCUT2D eigenvalue weighted by atomic mass is 32.1. The fourth-order valence-electron chi connectivity index (χ4n) is 2.15. The standard InChI is InChI=1S/C12H18N2OS2/c1-13(2)9-4-3-5-14(7-9)12(15)11-6-10(16)8-17-11/h6,8-9,16H,3-5,7H2,1-2H3. The number of nitrogens with zero attached hydrogens (tertiary/aromatic N) is 2. The van der Waals surface area contributed by atoms with Crippen LogP contribution in [0.2, 0.25) is 0 Å². The lowest BCUT2D eigenvalue weighted by atomic mass is 10.0. The van der Waals surface area contributed by atoms with E-state index in [9.17, 15) is 4.79 Å². The SMILES string of the molecule is CN(C)C1CCCN(C(=O)c2cc(S)cs2)C1. The highest BCUT2D eigenvalue weighted by Gasteiger charge is 2.26. The van der Waals surface area contributed by atoms with Gasteiger partial charge >= 0.3 is 0 Å². The first-order chi connectivity index (χ1) is 8.08. The molecule has 0 spiro atoms. The molecule has 2 heterocycles. The van der Waals surface area contributed by atoms with Crippen LogP contribution < -0.4 is 0 Å². The summed E-state index contributed by atoms with van der Waals surface area (Å²) in [4.78, 5) is 18.1. The van der Waals surface area contributed by atoms with Crippen molar-refractivity contribution in [2.75, 3.05) is 27.2 Å². The lowest BCUT2D eigenvalue weighted by Crippen LogP contribution is -2.47. The first-order valence-corrected chi connectivity index (χ1v) is 7.14. The smallest absolute Gasteiger partial charge is 0.264 e. The van der Waals surface area contributed by atoms with Crippen molar-refractivity contribution < 1.29 is 4.79 Å². The first-order valence-electron chi connectivity index (χ1n) is 5.81. The van der Waals surface area contributed by atoms with Crippen LogP contribution >= 0.6 is 24.0 Å². The van der Waals surface area contributed by atoms with E-state index in [1.165, 1.54) is 17.8 Å². The molecule has 1 aliphatic heterocycles. The third-order valence-corrected chi connectivity index (χ3v) is 4.56. The molecule has 1 amide bonds. The molecule has 0 N–H and O–H groups in total. The Morgan fingerprint density at radius 3 is 2.94 bits per heavy atom. The van der Waals surface area contributed by atoms with E-state index in [4.69, 9.17) is 0 Å². The van der Waals surface area contributed by atoms with Gasteiger partial charge in [0.2, 0.25) is 0 Å². The van der Waals surface area contributed by atoms with Crippen LogP contribution in [-0.4, -0.2) is 48.9 Å². The summed E-state index contributed by atoms with van der Waals surface area (Å²) in [6.07, 6.45) is 2.27. The predicted octanol–water partition coefficient (Wildman–Crippen LogP) is 2.20. The molecule has 1 saturated heterocycles. The van der Waals surface area contributed by atoms with Crippen LogP contribution in [0.25, 0.3) is 0 Å². The Hall–Kier alpha value is -0.520. The Bertz CT molecular complexity index is 403. The van der Waals surface area contributed by atoms with Crippen molar-refractivity contribution in [3.8, 4) is 0 Å². The number of thiophene rings is 1. The number of thiol groups is 1. The maximum absolute atomic E-state index is 12.3. The van der Waals surface area contributed by atoms with Gasteiger partial charge in [-0.05, 0) is 33.0 Å². The summed E-state index contributed by atoms with van der Waals surface area (Å²) in [5, 5.41) is 1.91. The average molecular weight is 270 g/mol. The van der Waals surface area contributed by atoms with Gasteiger partial charge in [-0.15, -0.1) is 24.0 Å². The van der Waals surface area contributed by atoms with Gasteiger partial charge in [0.15, 0.2) is 0 Å². The molecule has 1 fully saturated rings. The molecule has 0 saturated carbocycles. The summed E-state index contributed by atoms with van der Waals surface area (Å²) in [5.74, 6) is 0.154. The topological polar surface area (TPSA) is 23.6 Å². The van der Waals surface area contributed by atoms with Crippen LogP contribution in [0.5, 0.6) is 0 Å². The van der Waals surface area contributed by atoms with E-state index < -0.39 is 0 Å². The van der Waals surface area contributed by atoms with E-state index in [2.05, 4.69) is 31.6 Å². The average Bonchev–Trinajstić information content (AvgIpc) is 2.75. The Balaban J connectivity index is 2.04. The molecule has 1 aromatic heterocycles. The van der Waals surface area contributed by atoms with Crippen molar-refractivity contribution in [2.24, 2.45) is 0 Å². The molecular formula is C12H18N2OS2. The second-order valence-electron chi connectivity index (χ2n) is 4.68. The summed E-state index contributed by atoms with van der Waals surface area (Å²) < 4.78 is 0. The Labute approximate surface area is 112 Å². The van der Waals surface area contributed by atoms with Crippen molar-refractivity contribution in [1.82, 2.24) is 9.80 Å². The summed E-state index contributed by atoms with van der Waals surface area (Å²) in [6.45, 7) is 1.72. The molecular weight excluding hydrogens is 252 g/mol. The van der Waals surface area contributed by atoms with E-state index in [1.807, 2.05) is 16.3 Å². The van der Waals surface area contributed by atoms with Gasteiger partial charge in [-0.25, -0.2) is 0 Å². The third-order valence-electron chi connectivity index (χ3n) is 3.21. The number of hydrogen-bond donors (Lipinski definition) is 1. The zero-order chi connectivity index (χ0) is 12.4. The number of carbonyl (C=O) groups excluding carboxylic acids is 1. The minimum absolute atomic E-state index is 0.154. The number of carbonyl (C=O) groups is 1. The van der Waals surface area contributed by atoms with Gasteiger partial charge in [0.05, 0.1) is 4.88 Å². The number of hydrogen-bond acceptors (Lipinski definition) is 4. The Kier molecular flexibility index (Phi) is 4.12. The number of likely N-dealkylation sites (tertiary alicyclic amines) is 1. The maximum Gasteiger partial charge on any atom is 0.264 e. The molecule has 17 heavy (non-hydrogen) atoms. The number of amides is 1. The monoisotopic (exact) mass is 270 g/mol. The summed E-state index contributed by atoms with van der Waals surface area (Å²) in [6, 6.07) is 2.35. The second-order valence-corrected chi connectivity index (χ2v) is 6.11. The second kappa shape index (κ2) is 5.42. The van der Waals surface area contributed by atoms with Gasteiger partial charge in [0.1, 0.15) is 0 Å². The van der Waals surface area contributed by atoms with Crippen molar-refractivity contribution >= 4 is 29.9 Å². The zero-order valence-corrected chi connectivity index (χ0v) is 11.9. The van der Waals surface area contributed by atoms with Crippen LogP contribution in [0, 0.1) is 0 Å². The van der Waals surface area contributed by atoms with Crippen LogP contribution in [0.3, 0.4) is 0 Å². The van der Waals surface area contributed by atoms with Crippen molar-refractivity contribution in [2.45, 2.75) is 23.8 Å². The molecule has 1 unspecified atom stereocenters. The molecule has 5 heteroatoms. The fraction of sp³-hybridized carbons (Fsp3) is 0.583. The van der Waals surface area contributed by atoms with E-state index in [0.717, 1.165) is 29.3 Å². The maximum atomic E-state index is 12.3. The number of piperidine rings is 1. The number of likely N-dealkylation sites (N-methyl/N-ethyl adjacent to an activating group) is 1. The van der Waals surface area contributed by atoms with Gasteiger partial charge in [0.25, 0.3) is 5.91 Å². The van der Waals surface area contributed by atoms with Crippen molar-refractivity contribution in [3.05, 3.63) is 16.3 Å². The van der Waals surface area contributed by atoms with Gasteiger partial charge in [-0.3, -0.25) is 4.79 Å². The predicted molar refractivity (Wildman–Crippen MR) is 74.2 cm³/mol. The normalized spacial score (nSPS) is 20.9. The summed E-state index contributed by atoms with van der Waals surface area (Å²) in [7, 11) is 4.16. The highest BCUT2D eigenvalue weighted by Crippen LogP contribution is 2.22. The highest BCUT2D eigenvalue weighted by molar-refractivity contribution is 7.80. The van der Waals surface area contributed by atoms with E-state index in [1.54, 1.807) is 0 Å². The van der Waals surface area contributed by atoms with Gasteiger partial charge in [0, 0.05) is 29.4 Å². The van der Waals surface area contributed by atoms with Crippen LogP contribution in [-0.2, 0) is 0 Å². The molecule has 1 aromatic rings. The van der Waals surface area contributed by atoms with Gasteiger partial charge < -0.3 is 9.80 Å². The zero-order valence-electron chi connectivity index (χ0n) is 10.2. The molecule has 0 bridgehead atoms. The summed E-state index contributed by atoms with van der Waals surface area (Å²) in [5.41, 5.74) is 0. The van der Waals surface area contributed by atoms with Crippen molar-refractivity contribution in [3.63, 3.8) is 0 Å². The van der Waals surface area contributed by atoms with E-state index in [0.29, 0.717) is 6.04 Å². The molecule has 94 valence electrons. The Morgan fingerprint density at radius 1 is 1.59 bits per heavy atom. The molecule has 0 radical (unpaired) electrons. The number of rotatable bonds is 2. The van der Waals surface area contributed by atoms with Crippen molar-refractivity contribution in [1.29, 1.82) is 0 Å².